The molecule has 32 heavy (non-hydrogen) atoms. The Bertz CT molecular complexity index is 1110. The molecule has 1 N–H and O–H groups in total. The van der Waals surface area contributed by atoms with E-state index in [2.05, 4.69) is 5.32 Å². The third-order valence-electron chi connectivity index (χ3n) is 5.14. The molecular formula is C25H22N2O4S. The lowest BCUT2D eigenvalue weighted by atomic mass is 10.1. The first-order chi connectivity index (χ1) is 15.6. The number of anilines is 1. The quantitative estimate of drug-likeness (QED) is 0.308. The van der Waals surface area contributed by atoms with Crippen LogP contribution in [0.1, 0.15) is 37.5 Å². The van der Waals surface area contributed by atoms with E-state index < -0.39 is 0 Å². The van der Waals surface area contributed by atoms with Gasteiger partial charge >= 0.3 is 0 Å². The number of thioether (sulfide) groups is 1. The summed E-state index contributed by atoms with van der Waals surface area (Å²) < 4.78 is 5.10. The number of carbonyl (C=O) groups is 3. The monoisotopic (exact) mass is 446 g/mol. The second-order valence-electron chi connectivity index (χ2n) is 7.22. The number of benzene rings is 3. The summed E-state index contributed by atoms with van der Waals surface area (Å²) in [5.74, 6) is 0.852. The smallest absolute Gasteiger partial charge is 0.261 e. The molecule has 162 valence electrons. The molecule has 0 aliphatic carbocycles. The maximum Gasteiger partial charge on any atom is 0.261 e. The third-order valence-corrected chi connectivity index (χ3v) is 6.24. The SMILES string of the molecule is COc1ccc(C(=O)Nc2ccc(SCCCN3C(=O)c4ccccc4C3=O)cc2)cc1. The fraction of sp³-hybridized carbons (Fsp3) is 0.160. The lowest BCUT2D eigenvalue weighted by Crippen LogP contribution is -2.30. The Labute approximate surface area is 190 Å². The van der Waals surface area contributed by atoms with Gasteiger partial charge in [-0.05, 0) is 72.8 Å². The van der Waals surface area contributed by atoms with Gasteiger partial charge in [0.05, 0.1) is 18.2 Å². The zero-order valence-electron chi connectivity index (χ0n) is 17.5. The molecule has 0 spiro atoms. The molecular weight excluding hydrogens is 424 g/mol. The summed E-state index contributed by atoms with van der Waals surface area (Å²) in [6.45, 7) is 0.398. The molecule has 0 saturated heterocycles. The van der Waals surface area contributed by atoms with E-state index in [0.717, 1.165) is 10.6 Å². The summed E-state index contributed by atoms with van der Waals surface area (Å²) in [7, 11) is 1.58. The predicted molar refractivity (Wildman–Crippen MR) is 125 cm³/mol. The number of rotatable bonds is 8. The molecule has 4 rings (SSSR count). The van der Waals surface area contributed by atoms with E-state index in [1.165, 1.54) is 4.90 Å². The molecule has 0 unspecified atom stereocenters. The topological polar surface area (TPSA) is 75.7 Å². The van der Waals surface area contributed by atoms with E-state index in [4.69, 9.17) is 4.74 Å². The molecule has 1 aliphatic heterocycles. The van der Waals surface area contributed by atoms with Gasteiger partial charge in [-0.15, -0.1) is 11.8 Å². The Morgan fingerprint density at radius 1 is 0.906 bits per heavy atom. The molecule has 3 amide bonds. The number of carbonyl (C=O) groups excluding carboxylic acids is 3. The molecule has 0 atom stereocenters. The molecule has 7 heteroatoms. The number of amides is 3. The first-order valence-electron chi connectivity index (χ1n) is 10.2. The first-order valence-corrected chi connectivity index (χ1v) is 11.2. The lowest BCUT2D eigenvalue weighted by molar-refractivity contribution is 0.0654. The molecule has 0 saturated carbocycles. The number of hydrogen-bond donors (Lipinski definition) is 1. The van der Waals surface area contributed by atoms with Gasteiger partial charge in [0.25, 0.3) is 17.7 Å². The average Bonchev–Trinajstić information content (AvgIpc) is 3.07. The van der Waals surface area contributed by atoms with Crippen LogP contribution in [0.4, 0.5) is 5.69 Å². The molecule has 0 fully saturated rings. The van der Waals surface area contributed by atoms with Crippen molar-refractivity contribution in [2.24, 2.45) is 0 Å². The number of imide groups is 1. The summed E-state index contributed by atoms with van der Waals surface area (Å²) >= 11 is 1.64. The van der Waals surface area contributed by atoms with Gasteiger partial charge in [-0.1, -0.05) is 12.1 Å². The third kappa shape index (κ3) is 4.68. The van der Waals surface area contributed by atoms with E-state index in [9.17, 15) is 14.4 Å². The van der Waals surface area contributed by atoms with Gasteiger partial charge in [0, 0.05) is 22.7 Å². The largest absolute Gasteiger partial charge is 0.497 e. The van der Waals surface area contributed by atoms with Crippen LogP contribution in [0.3, 0.4) is 0 Å². The molecule has 6 nitrogen and oxygen atoms in total. The second-order valence-corrected chi connectivity index (χ2v) is 8.38. The van der Waals surface area contributed by atoms with Gasteiger partial charge in [0.1, 0.15) is 5.75 Å². The molecule has 1 aliphatic rings. The summed E-state index contributed by atoms with van der Waals surface area (Å²) in [5, 5.41) is 2.88. The van der Waals surface area contributed by atoms with Crippen LogP contribution in [0.15, 0.2) is 77.7 Å². The maximum atomic E-state index is 12.4. The van der Waals surface area contributed by atoms with Gasteiger partial charge in [0.15, 0.2) is 0 Å². The summed E-state index contributed by atoms with van der Waals surface area (Å²) in [4.78, 5) is 39.5. The Hall–Kier alpha value is -3.58. The highest BCUT2D eigenvalue weighted by molar-refractivity contribution is 7.99. The zero-order valence-corrected chi connectivity index (χ0v) is 18.4. The van der Waals surface area contributed by atoms with Crippen molar-refractivity contribution in [3.05, 3.63) is 89.5 Å². The number of fused-ring (bicyclic) bond motifs is 1. The van der Waals surface area contributed by atoms with Crippen molar-refractivity contribution in [3.63, 3.8) is 0 Å². The van der Waals surface area contributed by atoms with E-state index in [-0.39, 0.29) is 17.7 Å². The molecule has 0 aromatic heterocycles. The Balaban J connectivity index is 1.24. The number of nitrogens with one attached hydrogen (secondary N) is 1. The van der Waals surface area contributed by atoms with Crippen LogP contribution in [-0.2, 0) is 0 Å². The molecule has 3 aromatic rings. The summed E-state index contributed by atoms with van der Waals surface area (Å²) in [5.41, 5.74) is 2.23. The van der Waals surface area contributed by atoms with Crippen molar-refractivity contribution >= 4 is 35.2 Å². The minimum Gasteiger partial charge on any atom is -0.497 e. The molecule has 1 heterocycles. The van der Waals surface area contributed by atoms with Crippen molar-refractivity contribution in [2.75, 3.05) is 24.7 Å². The van der Waals surface area contributed by atoms with Gasteiger partial charge in [-0.3, -0.25) is 19.3 Å². The average molecular weight is 447 g/mol. The fourth-order valence-electron chi connectivity index (χ4n) is 3.44. The normalized spacial score (nSPS) is 12.6. The molecule has 0 bridgehead atoms. The van der Waals surface area contributed by atoms with Gasteiger partial charge < -0.3 is 10.1 Å². The summed E-state index contributed by atoms with van der Waals surface area (Å²) in [6.07, 6.45) is 0.700. The highest BCUT2D eigenvalue weighted by Crippen LogP contribution is 2.25. The highest BCUT2D eigenvalue weighted by Gasteiger charge is 2.34. The van der Waals surface area contributed by atoms with Crippen LogP contribution < -0.4 is 10.1 Å². The number of methoxy groups -OCH3 is 1. The maximum absolute atomic E-state index is 12.4. The van der Waals surface area contributed by atoms with Gasteiger partial charge in [0.2, 0.25) is 0 Å². The van der Waals surface area contributed by atoms with E-state index in [0.29, 0.717) is 41.1 Å². The number of hydrogen-bond acceptors (Lipinski definition) is 5. The Morgan fingerprint density at radius 2 is 1.53 bits per heavy atom. The lowest BCUT2D eigenvalue weighted by Gasteiger charge is -2.13. The predicted octanol–water partition coefficient (Wildman–Crippen LogP) is 4.73. The second kappa shape index (κ2) is 9.70. The number of ether oxygens (including phenoxy) is 1. The van der Waals surface area contributed by atoms with Crippen molar-refractivity contribution in [1.82, 2.24) is 4.90 Å². The van der Waals surface area contributed by atoms with Crippen molar-refractivity contribution in [3.8, 4) is 5.75 Å². The van der Waals surface area contributed by atoms with Crippen LogP contribution in [-0.4, -0.2) is 42.0 Å². The minimum absolute atomic E-state index is 0.186. The van der Waals surface area contributed by atoms with Crippen LogP contribution >= 0.6 is 11.8 Å². The number of nitrogens with zero attached hydrogens (tertiary/aromatic N) is 1. The van der Waals surface area contributed by atoms with E-state index in [1.807, 2.05) is 24.3 Å². The van der Waals surface area contributed by atoms with Crippen molar-refractivity contribution in [2.45, 2.75) is 11.3 Å². The van der Waals surface area contributed by atoms with Crippen LogP contribution in [0.25, 0.3) is 0 Å². The van der Waals surface area contributed by atoms with Crippen LogP contribution in [0, 0.1) is 0 Å². The zero-order chi connectivity index (χ0) is 22.5. The van der Waals surface area contributed by atoms with Crippen LogP contribution in [0.5, 0.6) is 5.75 Å². The van der Waals surface area contributed by atoms with Gasteiger partial charge in [-0.25, -0.2) is 0 Å². The Kier molecular flexibility index (Phi) is 6.56. The fourth-order valence-corrected chi connectivity index (χ4v) is 4.27. The van der Waals surface area contributed by atoms with Crippen LogP contribution in [0.2, 0.25) is 0 Å². The van der Waals surface area contributed by atoms with Crippen molar-refractivity contribution in [1.29, 1.82) is 0 Å². The van der Waals surface area contributed by atoms with Gasteiger partial charge in [-0.2, -0.15) is 0 Å². The van der Waals surface area contributed by atoms with E-state index in [1.54, 1.807) is 67.4 Å². The highest BCUT2D eigenvalue weighted by atomic mass is 32.2. The standard InChI is InChI=1S/C25H22N2O4S/c1-31-19-11-7-17(8-12-19)23(28)26-18-9-13-20(14-10-18)32-16-4-15-27-24(29)21-5-2-3-6-22(21)25(27)30/h2-3,5-14H,4,15-16H2,1H3,(H,26,28). The van der Waals surface area contributed by atoms with E-state index >= 15 is 0 Å². The minimum atomic E-state index is -0.215. The van der Waals surface area contributed by atoms with Crippen molar-refractivity contribution < 1.29 is 19.1 Å². The molecule has 0 radical (unpaired) electrons. The molecule has 3 aromatic carbocycles. The summed E-state index contributed by atoms with van der Waals surface area (Å²) in [6, 6.07) is 21.4. The Morgan fingerprint density at radius 3 is 2.12 bits per heavy atom. The first kappa shape index (κ1) is 21.6.